The van der Waals surface area contributed by atoms with E-state index in [1.807, 2.05) is 20.8 Å². The standard InChI is InChI=1S/C9H16N2O2/c1-9(2,3)8-10-7(11-13-8)5-6-12-4/h5-6H2,1-4H3. The van der Waals surface area contributed by atoms with Crippen LogP contribution in [0.2, 0.25) is 0 Å². The lowest BCUT2D eigenvalue weighted by atomic mass is 9.97. The van der Waals surface area contributed by atoms with Gasteiger partial charge in [0.25, 0.3) is 0 Å². The Bertz CT molecular complexity index is 263. The van der Waals surface area contributed by atoms with Crippen LogP contribution in [-0.4, -0.2) is 23.9 Å². The summed E-state index contributed by atoms with van der Waals surface area (Å²) in [6.07, 6.45) is 0.704. The molecule has 0 saturated carbocycles. The molecular weight excluding hydrogens is 168 g/mol. The third-order valence-electron chi connectivity index (χ3n) is 1.64. The monoisotopic (exact) mass is 184 g/mol. The van der Waals surface area contributed by atoms with Gasteiger partial charge in [-0.15, -0.1) is 0 Å². The van der Waals surface area contributed by atoms with Crippen molar-refractivity contribution in [3.05, 3.63) is 11.7 Å². The van der Waals surface area contributed by atoms with Crippen molar-refractivity contribution in [1.82, 2.24) is 10.1 Å². The highest BCUT2D eigenvalue weighted by Gasteiger charge is 2.21. The lowest BCUT2D eigenvalue weighted by Gasteiger charge is -2.10. The predicted molar refractivity (Wildman–Crippen MR) is 48.6 cm³/mol. The summed E-state index contributed by atoms with van der Waals surface area (Å²) in [6.45, 7) is 6.75. The summed E-state index contributed by atoms with van der Waals surface area (Å²) < 4.78 is 10.0. The van der Waals surface area contributed by atoms with Crippen molar-refractivity contribution in [2.75, 3.05) is 13.7 Å². The molecule has 1 heterocycles. The molecule has 0 unspecified atom stereocenters. The molecule has 0 fully saturated rings. The van der Waals surface area contributed by atoms with E-state index < -0.39 is 0 Å². The molecule has 0 spiro atoms. The molecule has 0 aliphatic rings. The zero-order valence-corrected chi connectivity index (χ0v) is 8.63. The number of hydrogen-bond donors (Lipinski definition) is 0. The average molecular weight is 184 g/mol. The van der Waals surface area contributed by atoms with Crippen LogP contribution in [0.1, 0.15) is 32.5 Å². The molecule has 0 aliphatic heterocycles. The minimum absolute atomic E-state index is 0.0711. The van der Waals surface area contributed by atoms with Crippen LogP contribution in [0.15, 0.2) is 4.52 Å². The smallest absolute Gasteiger partial charge is 0.232 e. The molecule has 0 saturated heterocycles. The van der Waals surface area contributed by atoms with E-state index in [0.717, 1.165) is 0 Å². The third kappa shape index (κ3) is 2.81. The zero-order valence-electron chi connectivity index (χ0n) is 8.63. The second kappa shape index (κ2) is 3.87. The first-order chi connectivity index (χ1) is 6.04. The van der Waals surface area contributed by atoms with Crippen LogP contribution >= 0.6 is 0 Å². The van der Waals surface area contributed by atoms with Crippen molar-refractivity contribution in [2.24, 2.45) is 0 Å². The Labute approximate surface area is 78.3 Å². The molecule has 1 rings (SSSR count). The topological polar surface area (TPSA) is 48.2 Å². The van der Waals surface area contributed by atoms with Crippen LogP contribution in [0.3, 0.4) is 0 Å². The lowest BCUT2D eigenvalue weighted by molar-refractivity contribution is 0.199. The Morgan fingerprint density at radius 3 is 2.54 bits per heavy atom. The summed E-state index contributed by atoms with van der Waals surface area (Å²) in [5.74, 6) is 1.39. The summed E-state index contributed by atoms with van der Waals surface area (Å²) in [6, 6.07) is 0. The van der Waals surface area contributed by atoms with E-state index in [2.05, 4.69) is 10.1 Å². The molecule has 0 amide bonds. The fourth-order valence-electron chi connectivity index (χ4n) is 0.853. The van der Waals surface area contributed by atoms with E-state index in [0.29, 0.717) is 24.7 Å². The molecule has 4 nitrogen and oxygen atoms in total. The Kier molecular flexibility index (Phi) is 3.03. The van der Waals surface area contributed by atoms with Crippen LogP contribution in [0.25, 0.3) is 0 Å². The van der Waals surface area contributed by atoms with Gasteiger partial charge in [-0.25, -0.2) is 0 Å². The van der Waals surface area contributed by atoms with Gasteiger partial charge in [0.05, 0.1) is 6.61 Å². The quantitative estimate of drug-likeness (QED) is 0.715. The molecule has 1 aromatic rings. The van der Waals surface area contributed by atoms with Crippen LogP contribution in [0, 0.1) is 0 Å². The molecule has 1 aromatic heterocycles. The maximum Gasteiger partial charge on any atom is 0.232 e. The number of aromatic nitrogens is 2. The summed E-state index contributed by atoms with van der Waals surface area (Å²) in [7, 11) is 1.66. The highest BCUT2D eigenvalue weighted by atomic mass is 16.5. The molecule has 0 radical (unpaired) electrons. The van der Waals surface area contributed by atoms with Gasteiger partial charge in [-0.1, -0.05) is 25.9 Å². The highest BCUT2D eigenvalue weighted by Crippen LogP contribution is 2.19. The first-order valence-electron chi connectivity index (χ1n) is 4.36. The normalized spacial score (nSPS) is 12.0. The van der Waals surface area contributed by atoms with Gasteiger partial charge < -0.3 is 9.26 Å². The van der Waals surface area contributed by atoms with Gasteiger partial charge in [-0.05, 0) is 0 Å². The highest BCUT2D eigenvalue weighted by molar-refractivity contribution is 4.98. The first-order valence-corrected chi connectivity index (χ1v) is 4.36. The minimum atomic E-state index is -0.0711. The molecular formula is C9H16N2O2. The van der Waals surface area contributed by atoms with Crippen molar-refractivity contribution >= 4 is 0 Å². The van der Waals surface area contributed by atoms with Crippen LogP contribution in [0.5, 0.6) is 0 Å². The van der Waals surface area contributed by atoms with E-state index >= 15 is 0 Å². The fourth-order valence-corrected chi connectivity index (χ4v) is 0.853. The number of hydrogen-bond acceptors (Lipinski definition) is 4. The van der Waals surface area contributed by atoms with Gasteiger partial charge in [0.15, 0.2) is 5.82 Å². The van der Waals surface area contributed by atoms with Crippen LogP contribution in [-0.2, 0) is 16.6 Å². The number of ether oxygens (including phenoxy) is 1. The largest absolute Gasteiger partial charge is 0.384 e. The number of methoxy groups -OCH3 is 1. The van der Waals surface area contributed by atoms with E-state index in [4.69, 9.17) is 9.26 Å². The molecule has 74 valence electrons. The van der Waals surface area contributed by atoms with E-state index in [9.17, 15) is 0 Å². The molecule has 13 heavy (non-hydrogen) atoms. The van der Waals surface area contributed by atoms with Gasteiger partial charge in [-0.2, -0.15) is 4.98 Å². The second-order valence-electron chi connectivity index (χ2n) is 4.01. The molecule has 0 bridgehead atoms. The maximum atomic E-state index is 5.11. The van der Waals surface area contributed by atoms with Gasteiger partial charge in [-0.3, -0.25) is 0 Å². The van der Waals surface area contributed by atoms with Gasteiger partial charge in [0, 0.05) is 18.9 Å². The van der Waals surface area contributed by atoms with Crippen LogP contribution < -0.4 is 0 Å². The number of rotatable bonds is 3. The molecule has 0 aromatic carbocycles. The Morgan fingerprint density at radius 2 is 2.08 bits per heavy atom. The maximum absolute atomic E-state index is 5.11. The minimum Gasteiger partial charge on any atom is -0.384 e. The van der Waals surface area contributed by atoms with E-state index in [1.54, 1.807) is 7.11 Å². The lowest BCUT2D eigenvalue weighted by Crippen LogP contribution is -2.11. The second-order valence-corrected chi connectivity index (χ2v) is 4.01. The predicted octanol–water partition coefficient (Wildman–Crippen LogP) is 1.56. The average Bonchev–Trinajstić information content (AvgIpc) is 2.47. The fraction of sp³-hybridized carbons (Fsp3) is 0.778. The van der Waals surface area contributed by atoms with Crippen LogP contribution in [0.4, 0.5) is 0 Å². The van der Waals surface area contributed by atoms with Crippen molar-refractivity contribution in [3.8, 4) is 0 Å². The Morgan fingerprint density at radius 1 is 1.38 bits per heavy atom. The molecule has 0 atom stereocenters. The van der Waals surface area contributed by atoms with Crippen molar-refractivity contribution in [1.29, 1.82) is 0 Å². The van der Waals surface area contributed by atoms with Gasteiger partial charge in [0.1, 0.15) is 0 Å². The molecule has 0 aliphatic carbocycles. The first kappa shape index (κ1) is 10.2. The zero-order chi connectivity index (χ0) is 9.90. The summed E-state index contributed by atoms with van der Waals surface area (Å²) in [4.78, 5) is 4.26. The number of nitrogens with zero attached hydrogens (tertiary/aromatic N) is 2. The van der Waals surface area contributed by atoms with Crippen molar-refractivity contribution in [2.45, 2.75) is 32.6 Å². The summed E-state index contributed by atoms with van der Waals surface area (Å²) in [5.41, 5.74) is -0.0711. The van der Waals surface area contributed by atoms with E-state index in [-0.39, 0.29) is 5.41 Å². The van der Waals surface area contributed by atoms with Gasteiger partial charge >= 0.3 is 0 Å². The Balaban J connectivity index is 2.64. The van der Waals surface area contributed by atoms with Crippen molar-refractivity contribution in [3.63, 3.8) is 0 Å². The Hall–Kier alpha value is -0.900. The summed E-state index contributed by atoms with van der Waals surface area (Å²) >= 11 is 0. The van der Waals surface area contributed by atoms with Gasteiger partial charge in [0.2, 0.25) is 5.89 Å². The third-order valence-corrected chi connectivity index (χ3v) is 1.64. The van der Waals surface area contributed by atoms with Crippen molar-refractivity contribution < 1.29 is 9.26 Å². The molecule has 0 N–H and O–H groups in total. The SMILES string of the molecule is COCCc1noc(C(C)(C)C)n1. The van der Waals surface area contributed by atoms with E-state index in [1.165, 1.54) is 0 Å². The molecule has 4 heteroatoms. The summed E-state index contributed by atoms with van der Waals surface area (Å²) in [5, 5.41) is 3.85.